The number of rotatable bonds is 4. The molecule has 0 aliphatic heterocycles. The molecular formula is C14H12O. The van der Waals surface area contributed by atoms with E-state index in [4.69, 9.17) is 4.74 Å². The fraction of sp³-hybridized carbons (Fsp3) is 0.0714. The van der Waals surface area contributed by atoms with Crippen LogP contribution in [0, 0.1) is 6.61 Å². The molecule has 1 heteroatoms. The summed E-state index contributed by atoms with van der Waals surface area (Å²) in [4.78, 5) is 0. The van der Waals surface area contributed by atoms with E-state index in [1.54, 1.807) is 0 Å². The summed E-state index contributed by atoms with van der Waals surface area (Å²) >= 11 is 0. The van der Waals surface area contributed by atoms with E-state index in [2.05, 4.69) is 6.61 Å². The van der Waals surface area contributed by atoms with Gasteiger partial charge in [0.1, 0.15) is 0 Å². The smallest absolute Gasteiger partial charge is 0.166 e. The van der Waals surface area contributed by atoms with Gasteiger partial charge in [0.2, 0.25) is 0 Å². The summed E-state index contributed by atoms with van der Waals surface area (Å²) in [6.45, 7) is 3.46. The van der Waals surface area contributed by atoms with Gasteiger partial charge in [0.15, 0.2) is 6.61 Å². The molecule has 0 aromatic heterocycles. The number of hydrogen-bond donors (Lipinski definition) is 0. The van der Waals surface area contributed by atoms with Crippen LogP contribution in [0.3, 0.4) is 0 Å². The zero-order valence-corrected chi connectivity index (χ0v) is 8.39. The van der Waals surface area contributed by atoms with Gasteiger partial charge in [-0.05, 0) is 11.1 Å². The predicted molar refractivity (Wildman–Crippen MR) is 60.0 cm³/mol. The van der Waals surface area contributed by atoms with Gasteiger partial charge in [-0.3, -0.25) is 0 Å². The maximum Gasteiger partial charge on any atom is 0.166 e. The van der Waals surface area contributed by atoms with Crippen LogP contribution < -0.4 is 0 Å². The van der Waals surface area contributed by atoms with Gasteiger partial charge in [0, 0.05) is 0 Å². The lowest BCUT2D eigenvalue weighted by Gasteiger charge is -2.02. The molecule has 15 heavy (non-hydrogen) atoms. The molecule has 2 rings (SSSR count). The molecule has 0 saturated carbocycles. The molecule has 0 fully saturated rings. The highest BCUT2D eigenvalue weighted by molar-refractivity contribution is 5.20. The van der Waals surface area contributed by atoms with Gasteiger partial charge >= 0.3 is 0 Å². The van der Waals surface area contributed by atoms with Gasteiger partial charge in [-0.2, -0.15) is 0 Å². The van der Waals surface area contributed by atoms with E-state index in [0.717, 1.165) is 11.1 Å². The van der Waals surface area contributed by atoms with E-state index in [0.29, 0.717) is 6.61 Å². The minimum Gasteiger partial charge on any atom is -0.358 e. The van der Waals surface area contributed by atoms with Gasteiger partial charge in [-0.15, -0.1) is 0 Å². The Morgan fingerprint density at radius 2 is 1.40 bits per heavy atom. The van der Waals surface area contributed by atoms with Crippen molar-refractivity contribution in [3.05, 3.63) is 78.4 Å². The number of hydrogen-bond acceptors (Lipinski definition) is 1. The van der Waals surface area contributed by atoms with Gasteiger partial charge in [-0.25, -0.2) is 0 Å². The van der Waals surface area contributed by atoms with Crippen molar-refractivity contribution in [1.29, 1.82) is 0 Å². The van der Waals surface area contributed by atoms with Gasteiger partial charge in [0.25, 0.3) is 0 Å². The van der Waals surface area contributed by atoms with E-state index in [1.165, 1.54) is 0 Å². The summed E-state index contributed by atoms with van der Waals surface area (Å²) in [6, 6.07) is 19.9. The number of ether oxygens (including phenoxy) is 1. The van der Waals surface area contributed by atoms with Crippen LogP contribution in [0.25, 0.3) is 0 Å². The van der Waals surface area contributed by atoms with Crippen LogP contribution in [0.1, 0.15) is 11.1 Å². The Morgan fingerprint density at radius 3 is 2.07 bits per heavy atom. The first-order chi connectivity index (χ1) is 7.45. The Kier molecular flexibility index (Phi) is 3.53. The second kappa shape index (κ2) is 5.32. The van der Waals surface area contributed by atoms with Gasteiger partial charge in [0.05, 0.1) is 6.61 Å². The average molecular weight is 196 g/mol. The maximum atomic E-state index is 5.36. The molecule has 0 unspecified atom stereocenters. The van der Waals surface area contributed by atoms with E-state index >= 15 is 0 Å². The first-order valence-electron chi connectivity index (χ1n) is 4.92. The summed E-state index contributed by atoms with van der Waals surface area (Å²) in [5.41, 5.74) is 2.12. The van der Waals surface area contributed by atoms with Crippen molar-refractivity contribution >= 4 is 0 Å². The molecule has 74 valence electrons. The van der Waals surface area contributed by atoms with Crippen LogP contribution >= 0.6 is 0 Å². The summed E-state index contributed by atoms with van der Waals surface area (Å²) in [7, 11) is 0. The molecule has 2 aromatic rings. The maximum absolute atomic E-state index is 5.36. The molecule has 0 N–H and O–H groups in total. The van der Waals surface area contributed by atoms with E-state index in [1.807, 2.05) is 60.7 Å². The van der Waals surface area contributed by atoms with Gasteiger partial charge < -0.3 is 4.74 Å². The Labute approximate surface area is 90.3 Å². The fourth-order valence-corrected chi connectivity index (χ4v) is 1.28. The van der Waals surface area contributed by atoms with Crippen molar-refractivity contribution in [2.75, 3.05) is 0 Å². The van der Waals surface area contributed by atoms with Crippen LogP contribution in [-0.4, -0.2) is 0 Å². The zero-order chi connectivity index (χ0) is 10.3. The lowest BCUT2D eigenvalue weighted by molar-refractivity contribution is 0.199. The molecule has 0 bridgehead atoms. The standard InChI is InChI=1S/C14H12O/c1-3-7-13(8-4-1)11-15-12-14-9-5-2-6-10-14/h1-10H,11H2. The lowest BCUT2D eigenvalue weighted by atomic mass is 10.2. The summed E-state index contributed by atoms with van der Waals surface area (Å²) < 4.78 is 5.36. The Morgan fingerprint density at radius 1 is 0.800 bits per heavy atom. The topological polar surface area (TPSA) is 9.23 Å². The molecule has 0 heterocycles. The molecule has 0 aliphatic carbocycles. The highest BCUT2D eigenvalue weighted by atomic mass is 16.5. The highest BCUT2D eigenvalue weighted by Gasteiger charge is 1.95. The second-order valence-corrected chi connectivity index (χ2v) is 3.24. The Balaban J connectivity index is 1.81. The van der Waals surface area contributed by atoms with Gasteiger partial charge in [-0.1, -0.05) is 60.7 Å². The van der Waals surface area contributed by atoms with Crippen LogP contribution in [0.5, 0.6) is 0 Å². The molecule has 1 nitrogen and oxygen atoms in total. The molecule has 0 atom stereocenters. The molecule has 0 spiro atoms. The monoisotopic (exact) mass is 196 g/mol. The third kappa shape index (κ3) is 3.22. The first-order valence-corrected chi connectivity index (χ1v) is 4.92. The third-order valence-electron chi connectivity index (χ3n) is 2.05. The molecule has 2 aromatic carbocycles. The van der Waals surface area contributed by atoms with E-state index < -0.39 is 0 Å². The largest absolute Gasteiger partial charge is 0.358 e. The van der Waals surface area contributed by atoms with E-state index in [-0.39, 0.29) is 0 Å². The minimum atomic E-state index is 0.565. The van der Waals surface area contributed by atoms with Crippen molar-refractivity contribution in [2.24, 2.45) is 0 Å². The third-order valence-corrected chi connectivity index (χ3v) is 2.05. The predicted octanol–water partition coefficient (Wildman–Crippen LogP) is 3.29. The van der Waals surface area contributed by atoms with Crippen LogP contribution in [-0.2, 0) is 11.3 Å². The van der Waals surface area contributed by atoms with Crippen molar-refractivity contribution in [1.82, 2.24) is 0 Å². The summed E-state index contributed by atoms with van der Waals surface area (Å²) in [6.07, 6.45) is 0. The minimum absolute atomic E-state index is 0.565. The molecular weight excluding hydrogens is 184 g/mol. The molecule has 0 saturated heterocycles. The fourth-order valence-electron chi connectivity index (χ4n) is 1.28. The first kappa shape index (κ1) is 9.94. The van der Waals surface area contributed by atoms with Crippen LogP contribution in [0.15, 0.2) is 60.7 Å². The summed E-state index contributed by atoms with van der Waals surface area (Å²) in [5, 5.41) is 0. The quantitative estimate of drug-likeness (QED) is 0.729. The normalized spacial score (nSPS) is 10.1. The van der Waals surface area contributed by atoms with Crippen molar-refractivity contribution in [3.63, 3.8) is 0 Å². The van der Waals surface area contributed by atoms with Crippen molar-refractivity contribution in [3.8, 4) is 0 Å². The SMILES string of the molecule is [C](OCc1ccccc1)c1ccccc1. The summed E-state index contributed by atoms with van der Waals surface area (Å²) in [5.74, 6) is 0. The van der Waals surface area contributed by atoms with Crippen molar-refractivity contribution in [2.45, 2.75) is 6.61 Å². The highest BCUT2D eigenvalue weighted by Crippen LogP contribution is 2.06. The Bertz CT molecular complexity index is 341. The Hall–Kier alpha value is -1.60. The molecule has 0 aliphatic rings. The molecule has 0 amide bonds. The van der Waals surface area contributed by atoms with E-state index in [9.17, 15) is 0 Å². The van der Waals surface area contributed by atoms with Crippen LogP contribution in [0.2, 0.25) is 0 Å². The van der Waals surface area contributed by atoms with Crippen LogP contribution in [0.4, 0.5) is 0 Å². The number of benzene rings is 2. The molecule has 2 radical (unpaired) electrons. The lowest BCUT2D eigenvalue weighted by Crippen LogP contribution is -1.91. The van der Waals surface area contributed by atoms with Crippen molar-refractivity contribution < 1.29 is 4.74 Å². The second-order valence-electron chi connectivity index (χ2n) is 3.24. The zero-order valence-electron chi connectivity index (χ0n) is 8.39. The average Bonchev–Trinajstić information content (AvgIpc) is 2.32.